The van der Waals surface area contributed by atoms with Gasteiger partial charge in [0.2, 0.25) is 0 Å². The first-order valence-electron chi connectivity index (χ1n) is 5.10. The van der Waals surface area contributed by atoms with E-state index in [1.807, 2.05) is 27.8 Å². The number of fused-ring (bicyclic) bond motifs is 1. The van der Waals surface area contributed by atoms with Gasteiger partial charge in [-0.3, -0.25) is 0 Å². The van der Waals surface area contributed by atoms with E-state index in [0.717, 1.165) is 9.65 Å². The van der Waals surface area contributed by atoms with Crippen molar-refractivity contribution in [3.05, 3.63) is 34.6 Å². The zero-order chi connectivity index (χ0) is 11.4. The molecule has 5 heteroatoms. The van der Waals surface area contributed by atoms with Crippen LogP contribution in [0.2, 0.25) is 0 Å². The van der Waals surface area contributed by atoms with Crippen LogP contribution >= 0.6 is 0 Å². The molecule has 1 heterocycles. The second-order valence-electron chi connectivity index (χ2n) is 3.33. The average molecular weight is 286 g/mol. The van der Waals surface area contributed by atoms with E-state index in [1.165, 1.54) is 0 Å². The first-order chi connectivity index (χ1) is 7.83. The van der Waals surface area contributed by atoms with Crippen molar-refractivity contribution in [2.75, 3.05) is 19.8 Å². The molecule has 0 saturated carbocycles. The predicted octanol–water partition coefficient (Wildman–Crippen LogP) is 0.0674. The van der Waals surface area contributed by atoms with E-state index in [0.29, 0.717) is 19.8 Å². The Balaban J connectivity index is 2.13. The molecule has 1 aromatic heterocycles. The zero-order valence-corrected chi connectivity index (χ0v) is 10.5. The number of ether oxygens (including phenoxy) is 1. The van der Waals surface area contributed by atoms with E-state index in [-0.39, 0.29) is 26.9 Å². The molecule has 0 bridgehead atoms. The molecular formula is C11H13NO3Se. The summed E-state index contributed by atoms with van der Waals surface area (Å²) in [6, 6.07) is 7.72. The number of hydrogen-bond acceptors (Lipinski definition) is 3. The third-order valence-electron chi connectivity index (χ3n) is 2.23. The van der Waals surface area contributed by atoms with Crippen LogP contribution < -0.4 is 5.56 Å². The van der Waals surface area contributed by atoms with Crippen LogP contribution in [0, 0.1) is 0 Å². The molecule has 0 aliphatic heterocycles. The fourth-order valence-electron chi connectivity index (χ4n) is 1.48. The monoisotopic (exact) mass is 287 g/mol. The number of rotatable bonds is 5. The molecule has 86 valence electrons. The molecule has 4 nitrogen and oxygen atoms in total. The van der Waals surface area contributed by atoms with Crippen LogP contribution in [0.3, 0.4) is 0 Å². The van der Waals surface area contributed by atoms with Crippen LogP contribution in [0.25, 0.3) is 9.65 Å². The Bertz CT molecular complexity index is 517. The summed E-state index contributed by atoms with van der Waals surface area (Å²) in [6.07, 6.45) is 0. The Morgan fingerprint density at radius 2 is 2.12 bits per heavy atom. The molecule has 2 aromatic rings. The molecule has 0 radical (unpaired) electrons. The van der Waals surface area contributed by atoms with Gasteiger partial charge in [0.1, 0.15) is 0 Å². The van der Waals surface area contributed by atoms with Crippen molar-refractivity contribution in [1.82, 2.24) is 3.56 Å². The fraction of sp³-hybridized carbons (Fsp3) is 0.364. The summed E-state index contributed by atoms with van der Waals surface area (Å²) in [5.41, 5.74) is 0.100. The summed E-state index contributed by atoms with van der Waals surface area (Å²) in [7, 11) is 0. The molecule has 0 aliphatic carbocycles. The summed E-state index contributed by atoms with van der Waals surface area (Å²) in [5.74, 6) is 0. The molecule has 0 amide bonds. The van der Waals surface area contributed by atoms with Crippen LogP contribution in [-0.2, 0) is 11.3 Å². The van der Waals surface area contributed by atoms with Crippen LogP contribution in [0.4, 0.5) is 0 Å². The van der Waals surface area contributed by atoms with Gasteiger partial charge < -0.3 is 0 Å². The third kappa shape index (κ3) is 2.44. The minimum atomic E-state index is 0.0271. The van der Waals surface area contributed by atoms with E-state index in [2.05, 4.69) is 0 Å². The molecule has 1 N–H and O–H groups in total. The molecule has 16 heavy (non-hydrogen) atoms. The maximum atomic E-state index is 11.9. The fourth-order valence-corrected chi connectivity index (χ4v) is 3.53. The number of hydrogen-bond donors (Lipinski definition) is 1. The van der Waals surface area contributed by atoms with Gasteiger partial charge in [0.25, 0.3) is 0 Å². The van der Waals surface area contributed by atoms with Gasteiger partial charge in [0.05, 0.1) is 0 Å². The minimum absolute atomic E-state index is 0.0271. The van der Waals surface area contributed by atoms with Crippen molar-refractivity contribution in [2.45, 2.75) is 6.54 Å². The van der Waals surface area contributed by atoms with Crippen molar-refractivity contribution < 1.29 is 9.84 Å². The molecule has 0 atom stereocenters. The summed E-state index contributed by atoms with van der Waals surface area (Å²) in [6.45, 7) is 1.46. The molecule has 0 saturated heterocycles. The van der Waals surface area contributed by atoms with E-state index in [9.17, 15) is 4.79 Å². The maximum absolute atomic E-state index is 11.9. The quantitative estimate of drug-likeness (QED) is 0.625. The summed E-state index contributed by atoms with van der Waals surface area (Å²) in [4.78, 5) is 11.9. The number of aliphatic hydroxyl groups is 1. The predicted molar refractivity (Wildman–Crippen MR) is 63.1 cm³/mol. The molecule has 0 fully saturated rings. The van der Waals surface area contributed by atoms with E-state index >= 15 is 0 Å². The zero-order valence-electron chi connectivity index (χ0n) is 8.76. The van der Waals surface area contributed by atoms with Gasteiger partial charge in [-0.2, -0.15) is 0 Å². The molecule has 0 spiro atoms. The van der Waals surface area contributed by atoms with Crippen LogP contribution in [0.1, 0.15) is 0 Å². The Kier molecular flexibility index (Phi) is 3.96. The Hall–Kier alpha value is -0.871. The van der Waals surface area contributed by atoms with Gasteiger partial charge in [-0.1, -0.05) is 0 Å². The average Bonchev–Trinajstić information content (AvgIpc) is 2.63. The Morgan fingerprint density at radius 1 is 1.31 bits per heavy atom. The van der Waals surface area contributed by atoms with Gasteiger partial charge in [-0.15, -0.1) is 0 Å². The molecular weight excluding hydrogens is 273 g/mol. The number of aliphatic hydroxyl groups excluding tert-OH is 1. The van der Waals surface area contributed by atoms with Crippen molar-refractivity contribution in [3.63, 3.8) is 0 Å². The second-order valence-corrected chi connectivity index (χ2v) is 5.56. The van der Waals surface area contributed by atoms with Crippen molar-refractivity contribution in [3.8, 4) is 0 Å². The summed E-state index contributed by atoms with van der Waals surface area (Å²) < 4.78 is 8.13. The van der Waals surface area contributed by atoms with Crippen LogP contribution in [0.5, 0.6) is 0 Å². The molecule has 0 aliphatic rings. The summed E-state index contributed by atoms with van der Waals surface area (Å²) in [5, 5.41) is 9.37. The molecule has 0 unspecified atom stereocenters. The van der Waals surface area contributed by atoms with Crippen molar-refractivity contribution in [1.29, 1.82) is 0 Å². The normalized spacial score (nSPS) is 11.1. The summed E-state index contributed by atoms with van der Waals surface area (Å²) >= 11 is 0.0796. The molecule has 2 rings (SSSR count). The van der Waals surface area contributed by atoms with Crippen molar-refractivity contribution >= 4 is 24.4 Å². The number of aromatic nitrogens is 1. The van der Waals surface area contributed by atoms with Gasteiger partial charge in [0.15, 0.2) is 0 Å². The Morgan fingerprint density at radius 3 is 2.88 bits per heavy atom. The van der Waals surface area contributed by atoms with E-state index in [4.69, 9.17) is 9.84 Å². The SMILES string of the molecule is O=c1c2ccccc2[se]n1CCOCCO. The topological polar surface area (TPSA) is 51.5 Å². The first-order valence-corrected chi connectivity index (χ1v) is 6.72. The van der Waals surface area contributed by atoms with Crippen molar-refractivity contribution in [2.24, 2.45) is 0 Å². The first kappa shape index (κ1) is 11.6. The van der Waals surface area contributed by atoms with E-state index < -0.39 is 0 Å². The second kappa shape index (κ2) is 5.46. The standard InChI is InChI=1S/C11H13NO3Se/c13-6-8-15-7-5-12-11(14)9-3-1-2-4-10(9)16-12/h1-4,13H,5-8H2. The molecule has 1 aromatic carbocycles. The third-order valence-corrected chi connectivity index (χ3v) is 4.58. The number of benzene rings is 1. The van der Waals surface area contributed by atoms with Gasteiger partial charge >= 0.3 is 98.8 Å². The van der Waals surface area contributed by atoms with Crippen LogP contribution in [0.15, 0.2) is 29.1 Å². The van der Waals surface area contributed by atoms with Gasteiger partial charge in [-0.25, -0.2) is 0 Å². The van der Waals surface area contributed by atoms with E-state index in [1.54, 1.807) is 0 Å². The van der Waals surface area contributed by atoms with Crippen LogP contribution in [-0.4, -0.2) is 43.2 Å². The Labute approximate surface area is 99.0 Å². The van der Waals surface area contributed by atoms with Gasteiger partial charge in [-0.05, 0) is 0 Å². The van der Waals surface area contributed by atoms with Gasteiger partial charge in [0, 0.05) is 0 Å². The number of nitrogens with zero attached hydrogens (tertiary/aromatic N) is 1.